The fourth-order valence-corrected chi connectivity index (χ4v) is 4.31. The Labute approximate surface area is 213 Å². The van der Waals surface area contributed by atoms with E-state index in [9.17, 15) is 37.2 Å². The monoisotopic (exact) mass is 550 g/mol. The molecule has 0 spiro atoms. The van der Waals surface area contributed by atoms with Crippen LogP contribution in [-0.2, 0) is 39.0 Å². The Morgan fingerprint density at radius 2 is 1.14 bits per heavy atom. The molecule has 3 N–H and O–H groups in total. The van der Waals surface area contributed by atoms with Crippen LogP contribution in [0.4, 0.5) is 9.59 Å². The molecule has 16 nitrogen and oxygen atoms in total. The van der Waals surface area contributed by atoms with E-state index in [4.69, 9.17) is 14.2 Å². The van der Waals surface area contributed by atoms with Crippen molar-refractivity contribution in [3.63, 3.8) is 0 Å². The molecular weight excluding hydrogens is 518 g/mol. The quantitative estimate of drug-likeness (QED) is 0.104. The molecular formula is C20H32N5O11S+. The Morgan fingerprint density at radius 1 is 0.784 bits per heavy atom. The van der Waals surface area contributed by atoms with Gasteiger partial charge in [0.05, 0.1) is 32.4 Å². The van der Waals surface area contributed by atoms with E-state index in [1.807, 2.05) is 7.05 Å². The van der Waals surface area contributed by atoms with Crippen molar-refractivity contribution in [2.24, 2.45) is 0 Å². The summed E-state index contributed by atoms with van der Waals surface area (Å²) in [5, 5.41) is 5.74. The van der Waals surface area contributed by atoms with Crippen molar-refractivity contribution in [3.8, 4) is 0 Å². The maximum atomic E-state index is 11.9. The molecule has 0 aromatic carbocycles. The van der Waals surface area contributed by atoms with Gasteiger partial charge in [0, 0.05) is 58.0 Å². The molecule has 0 unspecified atom stereocenters. The molecule has 2 fully saturated rings. The van der Waals surface area contributed by atoms with Gasteiger partial charge >= 0.3 is 12.2 Å². The van der Waals surface area contributed by atoms with Crippen LogP contribution in [0.15, 0.2) is 0 Å². The Balaban J connectivity index is 1.77. The highest BCUT2D eigenvalue weighted by Crippen LogP contribution is 2.13. The number of amides is 6. The van der Waals surface area contributed by atoms with Gasteiger partial charge in [-0.15, -0.1) is 10.1 Å². The molecule has 37 heavy (non-hydrogen) atoms. The molecule has 0 aliphatic carbocycles. The van der Waals surface area contributed by atoms with E-state index < -0.39 is 51.7 Å². The Kier molecular flexibility index (Phi) is 10.8. The molecule has 208 valence electrons. The van der Waals surface area contributed by atoms with Gasteiger partial charge < -0.3 is 24.8 Å². The number of hydroxylamine groups is 4. The summed E-state index contributed by atoms with van der Waals surface area (Å²) in [6, 6.07) is 0. The Morgan fingerprint density at radius 3 is 1.49 bits per heavy atom. The van der Waals surface area contributed by atoms with Gasteiger partial charge in [0.1, 0.15) is 0 Å². The van der Waals surface area contributed by atoms with Crippen molar-refractivity contribution >= 4 is 45.9 Å². The van der Waals surface area contributed by atoms with E-state index in [-0.39, 0.29) is 45.2 Å². The summed E-state index contributed by atoms with van der Waals surface area (Å²) in [7, 11) is -2.30. The summed E-state index contributed by atoms with van der Waals surface area (Å²) in [5.41, 5.74) is 0. The number of carbonyl (C=O) groups excluding carboxylic acids is 6. The summed E-state index contributed by atoms with van der Waals surface area (Å²) < 4.78 is 31.5. The molecule has 2 aliphatic heterocycles. The van der Waals surface area contributed by atoms with Crippen molar-refractivity contribution in [1.29, 1.82) is 0 Å². The standard InChI is InChI=1S/C20H31N5O11S/c1-25(13-4-14-37(32,33)34,11-2-9-21-19(30)35-23-15(26)5-6-16(23)27)12-3-10-22-20(31)36-24-17(28)7-8-18(24)29/h2-14H2,1H3,(H2-,21,22,30,31,32,33,34)/p+1. The summed E-state index contributed by atoms with van der Waals surface area (Å²) in [4.78, 5) is 79.2. The summed E-state index contributed by atoms with van der Waals surface area (Å²) in [5.74, 6) is -2.82. The van der Waals surface area contributed by atoms with Gasteiger partial charge in [-0.25, -0.2) is 9.59 Å². The topological polar surface area (TPSA) is 206 Å². The molecule has 2 heterocycles. The Bertz CT molecular complexity index is 926. The highest BCUT2D eigenvalue weighted by atomic mass is 32.2. The number of carbonyl (C=O) groups is 6. The molecule has 0 radical (unpaired) electrons. The molecule has 0 aromatic heterocycles. The summed E-state index contributed by atoms with van der Waals surface area (Å²) >= 11 is 0. The fraction of sp³-hybridized carbons (Fsp3) is 0.700. The van der Waals surface area contributed by atoms with Crippen LogP contribution < -0.4 is 10.6 Å². The number of nitrogens with zero attached hydrogens (tertiary/aromatic N) is 3. The third kappa shape index (κ3) is 10.3. The maximum absolute atomic E-state index is 11.9. The van der Waals surface area contributed by atoms with Crippen LogP contribution in [0.25, 0.3) is 0 Å². The van der Waals surface area contributed by atoms with Crippen LogP contribution in [0.1, 0.15) is 44.9 Å². The van der Waals surface area contributed by atoms with Crippen LogP contribution in [0.2, 0.25) is 0 Å². The molecule has 6 amide bonds. The largest absolute Gasteiger partial charge is 0.432 e. The first-order chi connectivity index (χ1) is 17.3. The number of hydrogen-bond donors (Lipinski definition) is 3. The normalized spacial score (nSPS) is 16.4. The second-order valence-electron chi connectivity index (χ2n) is 8.91. The van der Waals surface area contributed by atoms with Gasteiger partial charge in [0.25, 0.3) is 33.7 Å². The van der Waals surface area contributed by atoms with Crippen molar-refractivity contribution in [1.82, 2.24) is 20.8 Å². The maximum Gasteiger partial charge on any atom is 0.432 e. The van der Waals surface area contributed by atoms with E-state index >= 15 is 0 Å². The second kappa shape index (κ2) is 13.3. The lowest BCUT2D eigenvalue weighted by Gasteiger charge is -2.35. The van der Waals surface area contributed by atoms with Crippen LogP contribution in [0.5, 0.6) is 0 Å². The Hall–Kier alpha value is -3.31. The van der Waals surface area contributed by atoms with Crippen molar-refractivity contribution in [2.75, 3.05) is 45.5 Å². The van der Waals surface area contributed by atoms with Crippen LogP contribution in [-0.4, -0.2) is 109 Å². The van der Waals surface area contributed by atoms with Gasteiger partial charge in [-0.1, -0.05) is 0 Å². The minimum Gasteiger partial charge on any atom is -0.326 e. The minimum atomic E-state index is -4.14. The SMILES string of the molecule is C[N+](CCCNC(=O)ON1C(=O)CCC1=O)(CCCNC(=O)ON1C(=O)CCC1=O)CCCS(=O)(=O)O. The average molecular weight is 551 g/mol. The molecule has 17 heteroatoms. The predicted octanol–water partition coefficient (Wildman–Crippen LogP) is -0.928. The lowest BCUT2D eigenvalue weighted by atomic mass is 10.2. The van der Waals surface area contributed by atoms with Crippen LogP contribution in [0.3, 0.4) is 0 Å². The zero-order valence-corrected chi connectivity index (χ0v) is 21.3. The lowest BCUT2D eigenvalue weighted by molar-refractivity contribution is -0.909. The minimum absolute atomic E-state index is 0.0212. The van der Waals surface area contributed by atoms with E-state index in [1.54, 1.807) is 0 Å². The molecule has 0 bridgehead atoms. The van der Waals surface area contributed by atoms with Gasteiger partial charge in [0.15, 0.2) is 0 Å². The van der Waals surface area contributed by atoms with E-state index in [2.05, 4.69) is 10.6 Å². The number of rotatable bonds is 14. The molecule has 2 rings (SSSR count). The first kappa shape index (κ1) is 29.9. The summed E-state index contributed by atoms with van der Waals surface area (Å²) in [6.07, 6.45) is -0.984. The highest BCUT2D eigenvalue weighted by Gasteiger charge is 2.34. The van der Waals surface area contributed by atoms with Crippen LogP contribution >= 0.6 is 0 Å². The van der Waals surface area contributed by atoms with Crippen molar-refractivity contribution in [3.05, 3.63) is 0 Å². The third-order valence-corrected chi connectivity index (χ3v) is 6.55. The molecule has 2 saturated heterocycles. The third-order valence-electron chi connectivity index (χ3n) is 5.75. The van der Waals surface area contributed by atoms with E-state index in [0.29, 0.717) is 47.1 Å². The smallest absolute Gasteiger partial charge is 0.326 e. The zero-order chi connectivity index (χ0) is 27.6. The number of nitrogens with one attached hydrogen (secondary N) is 2. The summed E-state index contributed by atoms with van der Waals surface area (Å²) in [6.45, 7) is 1.58. The van der Waals surface area contributed by atoms with Crippen LogP contribution in [0, 0.1) is 0 Å². The van der Waals surface area contributed by atoms with Gasteiger partial charge in [-0.3, -0.25) is 23.7 Å². The van der Waals surface area contributed by atoms with Gasteiger partial charge in [-0.2, -0.15) is 8.42 Å². The van der Waals surface area contributed by atoms with Gasteiger partial charge in [-0.05, 0) is 0 Å². The fourth-order valence-electron chi connectivity index (χ4n) is 3.81. The zero-order valence-electron chi connectivity index (χ0n) is 20.5. The molecule has 0 saturated carbocycles. The predicted molar refractivity (Wildman–Crippen MR) is 122 cm³/mol. The molecule has 2 aliphatic rings. The van der Waals surface area contributed by atoms with E-state index in [0.717, 1.165) is 0 Å². The lowest BCUT2D eigenvalue weighted by Crippen LogP contribution is -2.48. The number of hydrogen-bond acceptors (Lipinski definition) is 10. The number of imide groups is 2. The van der Waals surface area contributed by atoms with E-state index in [1.165, 1.54) is 0 Å². The first-order valence-corrected chi connectivity index (χ1v) is 13.3. The van der Waals surface area contributed by atoms with Crippen molar-refractivity contribution < 1.29 is 55.9 Å². The highest BCUT2D eigenvalue weighted by molar-refractivity contribution is 7.85. The average Bonchev–Trinajstić information content (AvgIpc) is 3.29. The first-order valence-electron chi connectivity index (χ1n) is 11.7. The molecule has 0 atom stereocenters. The molecule has 0 aromatic rings. The van der Waals surface area contributed by atoms with Crippen molar-refractivity contribution in [2.45, 2.75) is 44.9 Å². The van der Waals surface area contributed by atoms with Gasteiger partial charge in [0.2, 0.25) is 0 Å². The second-order valence-corrected chi connectivity index (χ2v) is 10.5. The number of quaternary nitrogens is 1.